The summed E-state index contributed by atoms with van der Waals surface area (Å²) in [4.78, 5) is 22.4. The molecule has 0 radical (unpaired) electrons. The Morgan fingerprint density at radius 1 is 1.07 bits per heavy atom. The normalized spacial score (nSPS) is 10.5. The third-order valence-electron chi connectivity index (χ3n) is 4.09. The maximum Gasteiger partial charge on any atom is 0.282 e. The minimum atomic E-state index is -0.373. The van der Waals surface area contributed by atoms with E-state index in [-0.39, 0.29) is 11.2 Å². The van der Waals surface area contributed by atoms with E-state index in [9.17, 15) is 4.79 Å². The Hall–Kier alpha value is -2.69. The lowest BCUT2D eigenvalue weighted by molar-refractivity contribution is 0.340. The lowest BCUT2D eigenvalue weighted by Gasteiger charge is -2.15. The molecule has 0 atom stereocenters. The van der Waals surface area contributed by atoms with Gasteiger partial charge in [0.05, 0.1) is 13.2 Å². The van der Waals surface area contributed by atoms with Crippen molar-refractivity contribution in [3.63, 3.8) is 0 Å². The summed E-state index contributed by atoms with van der Waals surface area (Å²) in [6.07, 6.45) is 3.83. The van der Waals surface area contributed by atoms with E-state index in [0.717, 1.165) is 16.2 Å². The van der Waals surface area contributed by atoms with Gasteiger partial charge in [0.25, 0.3) is 11.2 Å². The minimum Gasteiger partial charge on any atom is -0.494 e. The van der Waals surface area contributed by atoms with Crippen LogP contribution < -0.4 is 10.3 Å². The highest BCUT2D eigenvalue weighted by Gasteiger charge is 2.19. The van der Waals surface area contributed by atoms with E-state index in [2.05, 4.69) is 9.83 Å². The number of hydrogen-bond donors (Lipinski definition) is 0. The van der Waals surface area contributed by atoms with Gasteiger partial charge < -0.3 is 4.74 Å². The number of benzene rings is 2. The predicted octanol–water partition coefficient (Wildman–Crippen LogP) is 5.29. The molecule has 3 aromatic rings. The van der Waals surface area contributed by atoms with Crippen molar-refractivity contribution in [2.45, 2.75) is 16.8 Å². The second kappa shape index (κ2) is 9.00. The van der Waals surface area contributed by atoms with Crippen LogP contribution in [0, 0.1) is 6.57 Å². The van der Waals surface area contributed by atoms with Crippen molar-refractivity contribution < 1.29 is 4.74 Å². The molecule has 1 aromatic heterocycles. The fourth-order valence-corrected chi connectivity index (χ4v) is 3.67. The summed E-state index contributed by atoms with van der Waals surface area (Å²) in [6.45, 7) is 9.93. The zero-order chi connectivity index (χ0) is 20.1. The van der Waals surface area contributed by atoms with Gasteiger partial charge in [-0.1, -0.05) is 12.1 Å². The molecule has 0 aliphatic heterocycles. The van der Waals surface area contributed by atoms with Crippen LogP contribution in [-0.4, -0.2) is 28.7 Å². The van der Waals surface area contributed by atoms with Gasteiger partial charge in [0, 0.05) is 16.1 Å². The maximum atomic E-state index is 13.2. The summed E-state index contributed by atoms with van der Waals surface area (Å²) in [5, 5.41) is 0.436. The van der Waals surface area contributed by atoms with Crippen LogP contribution in [-0.2, 0) is 0 Å². The number of ether oxygens (including phenoxy) is 1. The van der Waals surface area contributed by atoms with Crippen LogP contribution in [0.1, 0.15) is 6.92 Å². The van der Waals surface area contributed by atoms with Crippen LogP contribution in [0.25, 0.3) is 21.9 Å². The van der Waals surface area contributed by atoms with Gasteiger partial charge in [-0.25, -0.2) is 9.83 Å². The van der Waals surface area contributed by atoms with E-state index in [1.807, 2.05) is 55.8 Å². The van der Waals surface area contributed by atoms with Crippen LogP contribution in [0.2, 0.25) is 0 Å². The third kappa shape index (κ3) is 3.93. The Balaban J connectivity index is 2.26. The molecule has 0 bridgehead atoms. The molecule has 0 saturated heterocycles. The van der Waals surface area contributed by atoms with Crippen molar-refractivity contribution in [2.24, 2.45) is 0 Å². The molecule has 0 fully saturated rings. The van der Waals surface area contributed by atoms with Crippen molar-refractivity contribution in [2.75, 3.05) is 19.1 Å². The van der Waals surface area contributed by atoms with Gasteiger partial charge in [-0.05, 0) is 55.8 Å². The van der Waals surface area contributed by atoms with Crippen molar-refractivity contribution >= 4 is 29.2 Å². The van der Waals surface area contributed by atoms with Crippen LogP contribution in [0.5, 0.6) is 5.75 Å². The van der Waals surface area contributed by atoms with E-state index < -0.39 is 0 Å². The molecule has 142 valence electrons. The van der Waals surface area contributed by atoms with Gasteiger partial charge >= 0.3 is 0 Å². The Bertz CT molecular complexity index is 1070. The molecule has 0 spiro atoms. The monoisotopic (exact) mass is 409 g/mol. The molecular weight excluding hydrogens is 390 g/mol. The Morgan fingerprint density at radius 2 is 1.75 bits per heavy atom. The molecular formula is C21H19N3O2S2. The van der Waals surface area contributed by atoms with E-state index >= 15 is 0 Å². The third-order valence-corrected chi connectivity index (χ3v) is 5.50. The van der Waals surface area contributed by atoms with Crippen molar-refractivity contribution in [1.29, 1.82) is 0 Å². The van der Waals surface area contributed by atoms with E-state index in [0.29, 0.717) is 23.1 Å². The van der Waals surface area contributed by atoms with Gasteiger partial charge in [0.1, 0.15) is 16.6 Å². The molecule has 1 heterocycles. The van der Waals surface area contributed by atoms with E-state index in [4.69, 9.17) is 11.3 Å². The summed E-state index contributed by atoms with van der Waals surface area (Å²) in [6, 6.07) is 15.1. The number of rotatable bonds is 6. The Labute approximate surface area is 172 Å². The summed E-state index contributed by atoms with van der Waals surface area (Å²) in [7, 11) is 0. The first kappa shape index (κ1) is 20.1. The quantitative estimate of drug-likeness (QED) is 0.314. The van der Waals surface area contributed by atoms with Crippen LogP contribution in [0.3, 0.4) is 0 Å². The molecule has 0 N–H and O–H groups in total. The van der Waals surface area contributed by atoms with Gasteiger partial charge in [-0.15, -0.1) is 23.5 Å². The largest absolute Gasteiger partial charge is 0.494 e. The number of thioether (sulfide) groups is 2. The number of nitrogens with zero attached hydrogens (tertiary/aromatic N) is 3. The van der Waals surface area contributed by atoms with Crippen LogP contribution in [0.15, 0.2) is 63.2 Å². The molecule has 0 aliphatic carbocycles. The van der Waals surface area contributed by atoms with E-state index in [1.165, 1.54) is 16.3 Å². The Kier molecular flexibility index (Phi) is 6.45. The molecule has 0 saturated carbocycles. The van der Waals surface area contributed by atoms with Gasteiger partial charge in [0.2, 0.25) is 0 Å². The fourth-order valence-electron chi connectivity index (χ4n) is 2.76. The average molecular weight is 410 g/mol. The average Bonchev–Trinajstić information content (AvgIpc) is 2.74. The second-order valence-electron chi connectivity index (χ2n) is 5.70. The van der Waals surface area contributed by atoms with E-state index in [1.54, 1.807) is 23.9 Å². The summed E-state index contributed by atoms with van der Waals surface area (Å²) >= 11 is 2.95. The fraction of sp³-hybridized carbons (Fsp3) is 0.190. The summed E-state index contributed by atoms with van der Waals surface area (Å²) in [5.41, 5.74) is 1.12. The molecule has 5 nitrogen and oxygen atoms in total. The molecule has 0 amide bonds. The second-order valence-corrected chi connectivity index (χ2v) is 7.38. The molecule has 28 heavy (non-hydrogen) atoms. The zero-order valence-electron chi connectivity index (χ0n) is 15.8. The summed E-state index contributed by atoms with van der Waals surface area (Å²) in [5.74, 6) is 1.24. The molecule has 0 aliphatic rings. The van der Waals surface area contributed by atoms with Crippen molar-refractivity contribution in [3.8, 4) is 22.8 Å². The highest BCUT2D eigenvalue weighted by atomic mass is 32.2. The first-order chi connectivity index (χ1) is 13.6. The SMILES string of the molecule is [C-]#[N+]c1c(SC)nc(-c2ccc(SC)cc2)n(-c2ccc(OCC)cc2)c1=O. The standard InChI is InChI=1S/C21H19N3O2S2/c1-5-26-16-10-8-15(9-11-16)24-19(14-6-12-17(27-3)13-7-14)23-20(28-4)18(22-2)21(24)25/h6-13H,5H2,1,3-4H3. The van der Waals surface area contributed by atoms with Crippen molar-refractivity contribution in [3.05, 3.63) is 70.3 Å². The Morgan fingerprint density at radius 3 is 2.29 bits per heavy atom. The van der Waals surface area contributed by atoms with Gasteiger partial charge in [0.15, 0.2) is 0 Å². The smallest absolute Gasteiger partial charge is 0.282 e. The first-order valence-corrected chi connectivity index (χ1v) is 11.0. The highest BCUT2D eigenvalue weighted by Crippen LogP contribution is 2.29. The van der Waals surface area contributed by atoms with Crippen LogP contribution in [0.4, 0.5) is 5.69 Å². The highest BCUT2D eigenvalue weighted by molar-refractivity contribution is 7.98. The number of aromatic nitrogens is 2. The van der Waals surface area contributed by atoms with Crippen molar-refractivity contribution in [1.82, 2.24) is 9.55 Å². The number of hydrogen-bond acceptors (Lipinski definition) is 5. The minimum absolute atomic E-state index is 0.0332. The topological polar surface area (TPSA) is 48.5 Å². The lowest BCUT2D eigenvalue weighted by Crippen LogP contribution is -2.22. The zero-order valence-corrected chi connectivity index (χ0v) is 17.4. The lowest BCUT2D eigenvalue weighted by atomic mass is 10.2. The van der Waals surface area contributed by atoms with Crippen LogP contribution >= 0.6 is 23.5 Å². The van der Waals surface area contributed by atoms with Gasteiger partial charge in [-0.3, -0.25) is 9.36 Å². The summed E-state index contributed by atoms with van der Waals surface area (Å²) < 4.78 is 6.99. The molecule has 2 aromatic carbocycles. The first-order valence-electron chi connectivity index (χ1n) is 8.59. The molecule has 0 unspecified atom stereocenters. The molecule has 3 rings (SSSR count). The molecule has 7 heteroatoms. The predicted molar refractivity (Wildman–Crippen MR) is 116 cm³/mol. The maximum absolute atomic E-state index is 13.2. The van der Waals surface area contributed by atoms with Gasteiger partial charge in [-0.2, -0.15) is 0 Å².